The fraction of sp³-hybridized carbons (Fsp3) is 0.227. The highest BCUT2D eigenvalue weighted by atomic mass is 32.2. The molecule has 156 valence electrons. The molecule has 0 bridgehead atoms. The SMILES string of the molecule is CC(C)c1c(C(=O)Nc2ccc(SC(=O)N(C)C)cc2)cnn1-c1ccc(F)cc1. The van der Waals surface area contributed by atoms with E-state index < -0.39 is 0 Å². The number of rotatable bonds is 5. The molecule has 6 nitrogen and oxygen atoms in total. The summed E-state index contributed by atoms with van der Waals surface area (Å²) in [6.45, 7) is 3.95. The number of nitrogens with one attached hydrogen (secondary N) is 1. The first kappa shape index (κ1) is 21.6. The smallest absolute Gasteiger partial charge is 0.285 e. The van der Waals surface area contributed by atoms with Crippen LogP contribution in [0.1, 0.15) is 35.8 Å². The van der Waals surface area contributed by atoms with Gasteiger partial charge in [-0.3, -0.25) is 9.59 Å². The van der Waals surface area contributed by atoms with E-state index in [1.807, 2.05) is 13.8 Å². The molecule has 0 saturated carbocycles. The molecule has 0 fully saturated rings. The highest BCUT2D eigenvalue weighted by Gasteiger charge is 2.21. The average molecular weight is 427 g/mol. The van der Waals surface area contributed by atoms with Crippen molar-refractivity contribution in [2.24, 2.45) is 0 Å². The largest absolute Gasteiger partial charge is 0.339 e. The molecule has 2 aromatic carbocycles. The first-order chi connectivity index (χ1) is 14.3. The van der Waals surface area contributed by atoms with E-state index in [4.69, 9.17) is 0 Å². The lowest BCUT2D eigenvalue weighted by Crippen LogP contribution is -2.16. The Labute approximate surface area is 179 Å². The minimum atomic E-state index is -0.330. The van der Waals surface area contributed by atoms with Crippen LogP contribution in [0.25, 0.3) is 5.69 Å². The normalized spacial score (nSPS) is 10.9. The quantitative estimate of drug-likeness (QED) is 0.572. The van der Waals surface area contributed by atoms with Crippen molar-refractivity contribution in [2.75, 3.05) is 19.4 Å². The summed E-state index contributed by atoms with van der Waals surface area (Å²) >= 11 is 1.12. The Balaban J connectivity index is 1.80. The van der Waals surface area contributed by atoms with Gasteiger partial charge in [-0.25, -0.2) is 9.07 Å². The summed E-state index contributed by atoms with van der Waals surface area (Å²) in [5.74, 6) is -0.588. The molecule has 0 aliphatic heterocycles. The maximum atomic E-state index is 13.3. The summed E-state index contributed by atoms with van der Waals surface area (Å²) in [4.78, 5) is 27.0. The molecule has 0 aliphatic carbocycles. The fourth-order valence-electron chi connectivity index (χ4n) is 2.87. The second kappa shape index (κ2) is 9.13. The molecule has 3 aromatic rings. The Kier molecular flexibility index (Phi) is 6.56. The van der Waals surface area contributed by atoms with Crippen molar-refractivity contribution >= 4 is 28.6 Å². The molecule has 0 atom stereocenters. The Morgan fingerprint density at radius 3 is 2.27 bits per heavy atom. The van der Waals surface area contributed by atoms with Crippen LogP contribution in [-0.2, 0) is 0 Å². The Bertz CT molecular complexity index is 1040. The van der Waals surface area contributed by atoms with Crippen molar-refractivity contribution in [3.8, 4) is 5.69 Å². The Morgan fingerprint density at radius 1 is 1.07 bits per heavy atom. The lowest BCUT2D eigenvalue weighted by Gasteiger charge is -2.13. The standard InChI is InChI=1S/C22H23FN4O2S/c1-14(2)20-19(13-24-27(20)17-9-5-15(23)6-10-17)21(28)25-16-7-11-18(12-8-16)30-22(29)26(3)4/h5-14H,1-4H3,(H,25,28). The summed E-state index contributed by atoms with van der Waals surface area (Å²) in [5.41, 5.74) is 2.50. The third kappa shape index (κ3) is 4.88. The van der Waals surface area contributed by atoms with Gasteiger partial charge in [0.1, 0.15) is 5.82 Å². The molecule has 0 saturated heterocycles. The van der Waals surface area contributed by atoms with E-state index in [1.165, 1.54) is 23.2 Å². The van der Waals surface area contributed by atoms with Crippen LogP contribution in [0.3, 0.4) is 0 Å². The van der Waals surface area contributed by atoms with Gasteiger partial charge in [0.05, 0.1) is 23.1 Å². The molecule has 1 aromatic heterocycles. The topological polar surface area (TPSA) is 67.2 Å². The molecule has 30 heavy (non-hydrogen) atoms. The van der Waals surface area contributed by atoms with Crippen LogP contribution in [0.15, 0.2) is 59.6 Å². The first-order valence-electron chi connectivity index (χ1n) is 9.40. The molecular formula is C22H23FN4O2S. The maximum absolute atomic E-state index is 13.3. The zero-order chi connectivity index (χ0) is 21.8. The summed E-state index contributed by atoms with van der Waals surface area (Å²) in [5, 5.41) is 7.16. The summed E-state index contributed by atoms with van der Waals surface area (Å²) < 4.78 is 14.9. The molecule has 0 radical (unpaired) electrons. The number of amides is 2. The molecule has 0 unspecified atom stereocenters. The van der Waals surface area contributed by atoms with Crippen molar-refractivity contribution in [2.45, 2.75) is 24.7 Å². The van der Waals surface area contributed by atoms with Crippen LogP contribution < -0.4 is 5.32 Å². The number of halogens is 1. The van der Waals surface area contributed by atoms with Crippen LogP contribution in [0.5, 0.6) is 0 Å². The van der Waals surface area contributed by atoms with E-state index in [-0.39, 0.29) is 22.9 Å². The number of hydrogen-bond donors (Lipinski definition) is 1. The van der Waals surface area contributed by atoms with Crippen LogP contribution in [-0.4, -0.2) is 39.9 Å². The van der Waals surface area contributed by atoms with Crippen molar-refractivity contribution in [3.05, 3.63) is 71.8 Å². The third-order valence-electron chi connectivity index (χ3n) is 4.35. The molecular weight excluding hydrogens is 403 g/mol. The first-order valence-corrected chi connectivity index (χ1v) is 10.2. The van der Waals surface area contributed by atoms with Crippen molar-refractivity contribution < 1.29 is 14.0 Å². The lowest BCUT2D eigenvalue weighted by molar-refractivity contribution is 0.102. The molecule has 3 rings (SSSR count). The van der Waals surface area contributed by atoms with E-state index in [1.54, 1.807) is 55.2 Å². The number of anilines is 1. The van der Waals surface area contributed by atoms with Gasteiger partial charge in [0.15, 0.2) is 0 Å². The molecule has 0 aliphatic rings. The van der Waals surface area contributed by atoms with Gasteiger partial charge in [-0.2, -0.15) is 5.10 Å². The van der Waals surface area contributed by atoms with Gasteiger partial charge in [-0.15, -0.1) is 0 Å². The lowest BCUT2D eigenvalue weighted by atomic mass is 10.0. The number of carbonyl (C=O) groups is 2. The fourth-order valence-corrected chi connectivity index (χ4v) is 3.53. The monoisotopic (exact) mass is 426 g/mol. The van der Waals surface area contributed by atoms with Gasteiger partial charge in [-0.05, 0) is 66.2 Å². The van der Waals surface area contributed by atoms with E-state index >= 15 is 0 Å². The predicted molar refractivity (Wildman–Crippen MR) is 117 cm³/mol. The van der Waals surface area contributed by atoms with Crippen molar-refractivity contribution in [3.63, 3.8) is 0 Å². The van der Waals surface area contributed by atoms with Crippen molar-refractivity contribution in [1.82, 2.24) is 14.7 Å². The van der Waals surface area contributed by atoms with Gasteiger partial charge < -0.3 is 10.2 Å². The maximum Gasteiger partial charge on any atom is 0.285 e. The molecule has 0 spiro atoms. The Hall–Kier alpha value is -3.13. The molecule has 2 amide bonds. The third-order valence-corrected chi connectivity index (χ3v) is 5.40. The van der Waals surface area contributed by atoms with Crippen molar-refractivity contribution in [1.29, 1.82) is 0 Å². The molecule has 1 heterocycles. The second-order valence-corrected chi connectivity index (χ2v) is 8.25. The Morgan fingerprint density at radius 2 is 1.70 bits per heavy atom. The molecule has 8 heteroatoms. The number of benzene rings is 2. The average Bonchev–Trinajstić information content (AvgIpc) is 3.15. The number of thioether (sulfide) groups is 1. The van der Waals surface area contributed by atoms with Crippen LogP contribution in [0.2, 0.25) is 0 Å². The number of aromatic nitrogens is 2. The summed E-state index contributed by atoms with van der Waals surface area (Å²) in [6, 6.07) is 13.1. The summed E-state index contributed by atoms with van der Waals surface area (Å²) in [7, 11) is 3.39. The van der Waals surface area contributed by atoms with Gasteiger partial charge in [0.25, 0.3) is 11.1 Å². The van der Waals surface area contributed by atoms with Gasteiger partial charge in [0, 0.05) is 24.7 Å². The van der Waals surface area contributed by atoms with E-state index in [9.17, 15) is 14.0 Å². The number of hydrogen-bond acceptors (Lipinski definition) is 4. The zero-order valence-electron chi connectivity index (χ0n) is 17.2. The highest BCUT2D eigenvalue weighted by molar-refractivity contribution is 8.13. The number of nitrogens with zero attached hydrogens (tertiary/aromatic N) is 3. The van der Waals surface area contributed by atoms with Crippen LogP contribution in [0.4, 0.5) is 14.9 Å². The minimum absolute atomic E-state index is 0.0223. The van der Waals surface area contributed by atoms with Crippen LogP contribution >= 0.6 is 11.8 Å². The van der Waals surface area contributed by atoms with Crippen LogP contribution in [0, 0.1) is 5.82 Å². The highest BCUT2D eigenvalue weighted by Crippen LogP contribution is 2.26. The molecule has 1 N–H and O–H groups in total. The zero-order valence-corrected chi connectivity index (χ0v) is 18.0. The van der Waals surface area contributed by atoms with Gasteiger partial charge >= 0.3 is 0 Å². The van der Waals surface area contributed by atoms with Gasteiger partial charge in [-0.1, -0.05) is 13.8 Å². The number of carbonyl (C=O) groups excluding carboxylic acids is 2. The van der Waals surface area contributed by atoms with E-state index in [0.29, 0.717) is 16.9 Å². The predicted octanol–water partition coefficient (Wildman–Crippen LogP) is 5.16. The summed E-state index contributed by atoms with van der Waals surface area (Å²) in [6.07, 6.45) is 1.52. The minimum Gasteiger partial charge on any atom is -0.339 e. The van der Waals surface area contributed by atoms with Gasteiger partial charge in [0.2, 0.25) is 0 Å². The van der Waals surface area contributed by atoms with E-state index in [2.05, 4.69) is 10.4 Å². The second-order valence-electron chi connectivity index (χ2n) is 7.23. The van der Waals surface area contributed by atoms with E-state index in [0.717, 1.165) is 22.4 Å².